The van der Waals surface area contributed by atoms with Crippen LogP contribution in [0.1, 0.15) is 74.7 Å². The fourth-order valence-corrected chi connectivity index (χ4v) is 5.21. The number of hydrogen-bond donors (Lipinski definition) is 0. The third-order valence-corrected chi connectivity index (χ3v) is 8.63. The van der Waals surface area contributed by atoms with Crippen molar-refractivity contribution in [3.8, 4) is 0 Å². The van der Waals surface area contributed by atoms with Gasteiger partial charge in [-0.25, -0.2) is 0 Å². The van der Waals surface area contributed by atoms with Crippen molar-refractivity contribution < 1.29 is 0 Å². The minimum atomic E-state index is 0.219. The lowest BCUT2D eigenvalue weighted by molar-refractivity contribution is -0.131. The Labute approximate surface area is 137 Å². The van der Waals surface area contributed by atoms with E-state index in [1.807, 2.05) is 0 Å². The van der Waals surface area contributed by atoms with Crippen molar-refractivity contribution in [3.63, 3.8) is 0 Å². The van der Waals surface area contributed by atoms with Gasteiger partial charge >= 0.3 is 0 Å². The third kappa shape index (κ3) is 1.70. The Morgan fingerprint density at radius 3 is 2.18 bits per heavy atom. The minimum absolute atomic E-state index is 0.219. The van der Waals surface area contributed by atoms with Crippen LogP contribution in [0.5, 0.6) is 0 Å². The Balaban J connectivity index is 2.24. The molecule has 0 aromatic carbocycles. The number of rotatable bonds is 0. The first-order chi connectivity index (χ1) is 9.94. The molecule has 1 unspecified atom stereocenters. The highest BCUT2D eigenvalue weighted by Crippen LogP contribution is 2.71. The first-order valence-electron chi connectivity index (χ1n) is 9.08. The number of allylic oxidation sites excluding steroid dienone is 6. The molecule has 1 fully saturated rings. The van der Waals surface area contributed by atoms with E-state index in [4.69, 9.17) is 0 Å². The summed E-state index contributed by atoms with van der Waals surface area (Å²) in [5.41, 5.74) is 5.82. The van der Waals surface area contributed by atoms with Gasteiger partial charge in [0.15, 0.2) is 0 Å². The van der Waals surface area contributed by atoms with Crippen molar-refractivity contribution in [3.05, 3.63) is 34.9 Å². The molecule has 0 saturated heterocycles. The summed E-state index contributed by atoms with van der Waals surface area (Å²) in [4.78, 5) is 0. The lowest BCUT2D eigenvalue weighted by Gasteiger charge is -2.68. The van der Waals surface area contributed by atoms with Crippen LogP contribution in [-0.4, -0.2) is 0 Å². The molecule has 0 aliphatic heterocycles. The standard InChI is InChI=1S/C22H34/c1-19(2)17-13-15-11-9-10-12-16(15)14-18(17)20(3,4)22(7,8)21(19,5)6/h11,13-14,18H,9-10,12H2,1-8H3. The molecule has 1 atom stereocenters. The summed E-state index contributed by atoms with van der Waals surface area (Å²) in [7, 11) is 0. The molecule has 3 aliphatic carbocycles. The van der Waals surface area contributed by atoms with Crippen molar-refractivity contribution in [2.45, 2.75) is 74.7 Å². The molecule has 0 N–H and O–H groups in total. The van der Waals surface area contributed by atoms with E-state index >= 15 is 0 Å². The van der Waals surface area contributed by atoms with E-state index < -0.39 is 0 Å². The van der Waals surface area contributed by atoms with Gasteiger partial charge in [0.2, 0.25) is 0 Å². The van der Waals surface area contributed by atoms with Gasteiger partial charge in [0.25, 0.3) is 0 Å². The summed E-state index contributed by atoms with van der Waals surface area (Å²) in [6.45, 7) is 19.9. The average Bonchev–Trinajstić information content (AvgIpc) is 2.44. The van der Waals surface area contributed by atoms with Gasteiger partial charge in [-0.2, -0.15) is 0 Å². The number of fused-ring (bicyclic) bond motifs is 2. The molecule has 3 rings (SSSR count). The van der Waals surface area contributed by atoms with E-state index in [-0.39, 0.29) is 21.7 Å². The van der Waals surface area contributed by atoms with Crippen LogP contribution in [0.15, 0.2) is 34.9 Å². The topological polar surface area (TPSA) is 0 Å². The van der Waals surface area contributed by atoms with E-state index in [0.29, 0.717) is 5.92 Å². The van der Waals surface area contributed by atoms with Gasteiger partial charge in [-0.1, -0.05) is 79.2 Å². The zero-order chi connectivity index (χ0) is 16.6. The molecule has 0 heterocycles. The molecule has 3 aliphatic rings. The highest BCUT2D eigenvalue weighted by Gasteiger charge is 2.63. The van der Waals surface area contributed by atoms with Crippen LogP contribution in [0.4, 0.5) is 0 Å². The average molecular weight is 299 g/mol. The summed E-state index contributed by atoms with van der Waals surface area (Å²) in [6.07, 6.45) is 11.5. The summed E-state index contributed by atoms with van der Waals surface area (Å²) in [5.74, 6) is 0.579. The van der Waals surface area contributed by atoms with Gasteiger partial charge in [-0.3, -0.25) is 0 Å². The van der Waals surface area contributed by atoms with Crippen LogP contribution in [0.2, 0.25) is 0 Å². The lowest BCUT2D eigenvalue weighted by atomic mass is 9.36. The molecule has 0 bridgehead atoms. The van der Waals surface area contributed by atoms with Gasteiger partial charge in [-0.15, -0.1) is 0 Å². The second-order valence-corrected chi connectivity index (χ2v) is 9.92. The van der Waals surface area contributed by atoms with Gasteiger partial charge in [0.1, 0.15) is 0 Å². The Bertz CT molecular complexity index is 588. The van der Waals surface area contributed by atoms with Crippen molar-refractivity contribution in [1.82, 2.24) is 0 Å². The summed E-state index contributed by atoms with van der Waals surface area (Å²) in [5, 5.41) is 0. The van der Waals surface area contributed by atoms with Crippen LogP contribution < -0.4 is 0 Å². The third-order valence-electron chi connectivity index (χ3n) is 8.63. The predicted octanol–water partition coefficient (Wildman–Crippen LogP) is 6.70. The summed E-state index contributed by atoms with van der Waals surface area (Å²) < 4.78 is 0. The fourth-order valence-electron chi connectivity index (χ4n) is 5.21. The Hall–Kier alpha value is -0.780. The Morgan fingerprint density at radius 1 is 0.909 bits per heavy atom. The maximum Gasteiger partial charge on any atom is 0.00482 e. The molecular weight excluding hydrogens is 264 g/mol. The molecule has 0 aromatic rings. The molecule has 0 radical (unpaired) electrons. The van der Waals surface area contributed by atoms with E-state index in [0.717, 1.165) is 0 Å². The van der Waals surface area contributed by atoms with Gasteiger partial charge in [0, 0.05) is 5.92 Å². The quantitative estimate of drug-likeness (QED) is 0.467. The summed E-state index contributed by atoms with van der Waals surface area (Å²) in [6, 6.07) is 0. The van der Waals surface area contributed by atoms with Gasteiger partial charge in [0.05, 0.1) is 0 Å². The van der Waals surface area contributed by atoms with E-state index in [2.05, 4.69) is 73.6 Å². The maximum atomic E-state index is 2.64. The first-order valence-corrected chi connectivity index (χ1v) is 9.08. The molecular formula is C22H34. The molecule has 0 amide bonds. The molecule has 0 heteroatoms. The zero-order valence-electron chi connectivity index (χ0n) is 15.9. The minimum Gasteiger partial charge on any atom is -0.0770 e. The second kappa shape index (κ2) is 4.40. The molecule has 1 saturated carbocycles. The van der Waals surface area contributed by atoms with Crippen molar-refractivity contribution in [2.24, 2.45) is 27.6 Å². The smallest absolute Gasteiger partial charge is 0.00482 e. The molecule has 122 valence electrons. The van der Waals surface area contributed by atoms with Gasteiger partial charge < -0.3 is 0 Å². The largest absolute Gasteiger partial charge is 0.0770 e. The first kappa shape index (κ1) is 16.1. The summed E-state index contributed by atoms with van der Waals surface area (Å²) >= 11 is 0. The monoisotopic (exact) mass is 298 g/mol. The van der Waals surface area contributed by atoms with Crippen molar-refractivity contribution in [2.75, 3.05) is 0 Å². The molecule has 22 heavy (non-hydrogen) atoms. The van der Waals surface area contributed by atoms with Crippen LogP contribution in [-0.2, 0) is 0 Å². The van der Waals surface area contributed by atoms with Gasteiger partial charge in [-0.05, 0) is 52.1 Å². The fraction of sp³-hybridized carbons (Fsp3) is 0.727. The van der Waals surface area contributed by atoms with E-state index in [1.54, 1.807) is 11.1 Å². The Morgan fingerprint density at radius 2 is 1.55 bits per heavy atom. The number of hydrogen-bond acceptors (Lipinski definition) is 0. The Kier molecular flexibility index (Phi) is 3.22. The van der Waals surface area contributed by atoms with Crippen LogP contribution >= 0.6 is 0 Å². The second-order valence-electron chi connectivity index (χ2n) is 9.92. The highest BCUT2D eigenvalue weighted by molar-refractivity contribution is 5.52. The van der Waals surface area contributed by atoms with Crippen molar-refractivity contribution >= 4 is 0 Å². The van der Waals surface area contributed by atoms with E-state index in [9.17, 15) is 0 Å². The van der Waals surface area contributed by atoms with Crippen LogP contribution in [0.25, 0.3) is 0 Å². The molecule has 0 aromatic heterocycles. The van der Waals surface area contributed by atoms with Crippen LogP contribution in [0, 0.1) is 27.6 Å². The highest BCUT2D eigenvalue weighted by atomic mass is 14.7. The normalized spacial score (nSPS) is 33.8. The van der Waals surface area contributed by atoms with E-state index in [1.165, 1.54) is 24.8 Å². The maximum absolute atomic E-state index is 2.64. The zero-order valence-corrected chi connectivity index (χ0v) is 15.9. The predicted molar refractivity (Wildman–Crippen MR) is 96.7 cm³/mol. The molecule has 0 nitrogen and oxygen atoms in total. The van der Waals surface area contributed by atoms with Crippen molar-refractivity contribution in [1.29, 1.82) is 0 Å². The van der Waals surface area contributed by atoms with Crippen LogP contribution in [0.3, 0.4) is 0 Å². The SMILES string of the molecule is CC1(C)C2=CC3=CCCCC3=CC2C(C)(C)C(C)(C)C1(C)C. The lowest BCUT2D eigenvalue weighted by Crippen LogP contribution is -2.61. The molecule has 0 spiro atoms.